The lowest BCUT2D eigenvalue weighted by Crippen LogP contribution is -2.47. The number of imide groups is 1. The van der Waals surface area contributed by atoms with Crippen LogP contribution in [-0.2, 0) is 10.0 Å². The minimum absolute atomic E-state index is 0.0627. The summed E-state index contributed by atoms with van der Waals surface area (Å²) < 4.78 is 27.1. The average Bonchev–Trinajstić information content (AvgIpc) is 2.70. The topological polar surface area (TPSA) is 95.6 Å². The Bertz CT molecular complexity index is 1140. The largest absolute Gasteiger partial charge is 0.344 e. The van der Waals surface area contributed by atoms with Crippen molar-refractivity contribution < 1.29 is 18.0 Å². The first kappa shape index (κ1) is 21.1. The molecule has 0 heterocycles. The molecular weight excluding hydrogens is 402 g/mol. The SMILES string of the molecule is Cc1ccc(N(C(=O)NC(=O)Nc2ccccc2)S(=O)(=O)c2ccc(C)cc2)cc1. The van der Waals surface area contributed by atoms with Crippen LogP contribution >= 0.6 is 0 Å². The molecule has 4 amide bonds. The maximum absolute atomic E-state index is 13.2. The molecule has 0 aliphatic carbocycles. The van der Waals surface area contributed by atoms with E-state index in [0.29, 0.717) is 9.99 Å². The van der Waals surface area contributed by atoms with Gasteiger partial charge in [-0.25, -0.2) is 18.0 Å². The van der Waals surface area contributed by atoms with Crippen LogP contribution in [0.4, 0.5) is 21.0 Å². The number of rotatable bonds is 4. The van der Waals surface area contributed by atoms with Crippen molar-refractivity contribution in [3.8, 4) is 0 Å². The van der Waals surface area contributed by atoms with Crippen molar-refractivity contribution in [3.63, 3.8) is 0 Å². The van der Waals surface area contributed by atoms with Gasteiger partial charge in [-0.05, 0) is 50.2 Å². The van der Waals surface area contributed by atoms with Crippen LogP contribution in [0.15, 0.2) is 83.8 Å². The zero-order valence-corrected chi connectivity index (χ0v) is 17.3. The molecule has 0 saturated carbocycles. The van der Waals surface area contributed by atoms with Crippen LogP contribution in [-0.4, -0.2) is 20.5 Å². The van der Waals surface area contributed by atoms with Crippen LogP contribution in [0.5, 0.6) is 0 Å². The number of aryl methyl sites for hydroxylation is 2. The van der Waals surface area contributed by atoms with Crippen LogP contribution in [0.2, 0.25) is 0 Å². The first-order valence-corrected chi connectivity index (χ1v) is 10.6. The number of hydrogen-bond acceptors (Lipinski definition) is 4. The number of carbonyl (C=O) groups excluding carboxylic acids is 2. The summed E-state index contributed by atoms with van der Waals surface area (Å²) in [7, 11) is -4.26. The van der Waals surface area contributed by atoms with Crippen molar-refractivity contribution in [3.05, 3.63) is 90.0 Å². The number of nitrogens with zero attached hydrogens (tertiary/aromatic N) is 1. The number of nitrogens with one attached hydrogen (secondary N) is 2. The molecule has 0 saturated heterocycles. The van der Waals surface area contributed by atoms with Crippen molar-refractivity contribution in [2.45, 2.75) is 18.7 Å². The van der Waals surface area contributed by atoms with E-state index in [1.165, 1.54) is 24.3 Å². The van der Waals surface area contributed by atoms with E-state index in [4.69, 9.17) is 0 Å². The third-order valence-electron chi connectivity index (χ3n) is 4.26. The van der Waals surface area contributed by atoms with Crippen molar-refractivity contribution in [2.24, 2.45) is 0 Å². The Morgan fingerprint density at radius 1 is 0.767 bits per heavy atom. The summed E-state index contributed by atoms with van der Waals surface area (Å²) in [5, 5.41) is 4.58. The van der Waals surface area contributed by atoms with E-state index < -0.39 is 22.1 Å². The van der Waals surface area contributed by atoms with Gasteiger partial charge >= 0.3 is 12.1 Å². The molecule has 0 aliphatic rings. The Hall–Kier alpha value is -3.65. The van der Waals surface area contributed by atoms with Gasteiger partial charge in [-0.3, -0.25) is 5.32 Å². The summed E-state index contributed by atoms with van der Waals surface area (Å²) in [4.78, 5) is 25.1. The zero-order valence-electron chi connectivity index (χ0n) is 16.5. The highest BCUT2D eigenvalue weighted by Gasteiger charge is 2.32. The predicted molar refractivity (Wildman–Crippen MR) is 116 cm³/mol. The number of anilines is 2. The van der Waals surface area contributed by atoms with E-state index in [1.54, 1.807) is 54.6 Å². The van der Waals surface area contributed by atoms with Crippen molar-refractivity contribution in [1.29, 1.82) is 0 Å². The molecule has 7 nitrogen and oxygen atoms in total. The van der Waals surface area contributed by atoms with Crippen molar-refractivity contribution in [2.75, 3.05) is 9.62 Å². The van der Waals surface area contributed by atoms with Crippen molar-refractivity contribution >= 4 is 33.5 Å². The van der Waals surface area contributed by atoms with Gasteiger partial charge in [0.05, 0.1) is 10.6 Å². The Kier molecular flexibility index (Phi) is 6.17. The molecule has 0 aliphatic heterocycles. The zero-order chi connectivity index (χ0) is 21.7. The lowest BCUT2D eigenvalue weighted by atomic mass is 10.2. The minimum atomic E-state index is -4.26. The molecular formula is C22H21N3O4S. The minimum Gasteiger partial charge on any atom is -0.308 e. The van der Waals surface area contributed by atoms with Gasteiger partial charge in [0.2, 0.25) is 0 Å². The summed E-state index contributed by atoms with van der Waals surface area (Å²) in [6, 6.07) is 19.1. The van der Waals surface area contributed by atoms with Crippen LogP contribution in [0.3, 0.4) is 0 Å². The lowest BCUT2D eigenvalue weighted by Gasteiger charge is -2.23. The molecule has 3 aromatic rings. The first-order valence-electron chi connectivity index (χ1n) is 9.13. The third-order valence-corrected chi connectivity index (χ3v) is 5.99. The Morgan fingerprint density at radius 3 is 1.87 bits per heavy atom. The number of carbonyl (C=O) groups is 2. The molecule has 0 radical (unpaired) electrons. The third kappa shape index (κ3) is 4.84. The normalized spacial score (nSPS) is 10.9. The number of urea groups is 2. The summed E-state index contributed by atoms with van der Waals surface area (Å²) in [6.45, 7) is 3.67. The van der Waals surface area contributed by atoms with Crippen molar-refractivity contribution in [1.82, 2.24) is 5.32 Å². The fraction of sp³-hybridized carbons (Fsp3) is 0.0909. The molecule has 0 atom stereocenters. The second-order valence-corrected chi connectivity index (χ2v) is 8.46. The lowest BCUT2D eigenvalue weighted by molar-refractivity contribution is 0.238. The molecule has 0 bridgehead atoms. The summed E-state index contributed by atoms with van der Waals surface area (Å²) in [6.07, 6.45) is 0. The van der Waals surface area contributed by atoms with Gasteiger partial charge in [-0.2, -0.15) is 4.31 Å². The molecule has 154 valence electrons. The smallest absolute Gasteiger partial charge is 0.308 e. The van der Waals surface area contributed by atoms with Gasteiger partial charge in [-0.1, -0.05) is 53.6 Å². The Labute approximate surface area is 175 Å². The highest BCUT2D eigenvalue weighted by atomic mass is 32.2. The van der Waals surface area contributed by atoms with Crippen LogP contribution in [0.1, 0.15) is 11.1 Å². The average molecular weight is 423 g/mol. The van der Waals surface area contributed by atoms with Crippen LogP contribution < -0.4 is 14.9 Å². The van der Waals surface area contributed by atoms with E-state index in [0.717, 1.165) is 11.1 Å². The fourth-order valence-electron chi connectivity index (χ4n) is 2.69. The number of hydrogen-bond donors (Lipinski definition) is 2. The second-order valence-electron chi connectivity index (χ2n) is 6.67. The number of amides is 4. The first-order chi connectivity index (χ1) is 14.3. The van der Waals surface area contributed by atoms with E-state index in [9.17, 15) is 18.0 Å². The quantitative estimate of drug-likeness (QED) is 0.648. The molecule has 2 N–H and O–H groups in total. The van der Waals surface area contributed by atoms with E-state index in [2.05, 4.69) is 10.6 Å². The molecule has 3 aromatic carbocycles. The molecule has 0 spiro atoms. The van der Waals surface area contributed by atoms with Gasteiger partial charge < -0.3 is 5.32 Å². The maximum atomic E-state index is 13.2. The van der Waals surface area contributed by atoms with Crippen LogP contribution in [0, 0.1) is 13.8 Å². The molecule has 0 aromatic heterocycles. The van der Waals surface area contributed by atoms with Gasteiger partial charge in [0, 0.05) is 5.69 Å². The predicted octanol–water partition coefficient (Wildman–Crippen LogP) is 4.44. The standard InChI is InChI=1S/C22H21N3O4S/c1-16-8-12-19(13-9-16)25(30(28,29)20-14-10-17(2)11-15-20)22(27)24-21(26)23-18-6-4-3-5-7-18/h3-15H,1-2H3,(H2,23,24,26,27). The second kappa shape index (κ2) is 8.79. The maximum Gasteiger partial charge on any atom is 0.344 e. The molecule has 3 rings (SSSR count). The van der Waals surface area contributed by atoms with Crippen LogP contribution in [0.25, 0.3) is 0 Å². The number of sulfonamides is 1. The molecule has 0 fully saturated rings. The van der Waals surface area contributed by atoms with E-state index in [1.807, 2.05) is 13.8 Å². The molecule has 8 heteroatoms. The van der Waals surface area contributed by atoms with Gasteiger partial charge in [-0.15, -0.1) is 0 Å². The summed E-state index contributed by atoms with van der Waals surface area (Å²) >= 11 is 0. The Morgan fingerprint density at radius 2 is 1.30 bits per heavy atom. The summed E-state index contributed by atoms with van der Waals surface area (Å²) in [5.41, 5.74) is 2.36. The van der Waals surface area contributed by atoms with Gasteiger partial charge in [0.15, 0.2) is 0 Å². The van der Waals surface area contributed by atoms with E-state index >= 15 is 0 Å². The summed E-state index contributed by atoms with van der Waals surface area (Å²) in [5.74, 6) is 0. The highest BCUT2D eigenvalue weighted by molar-refractivity contribution is 7.93. The van der Waals surface area contributed by atoms with Gasteiger partial charge in [0.1, 0.15) is 0 Å². The molecule has 0 unspecified atom stereocenters. The monoisotopic (exact) mass is 423 g/mol. The molecule has 30 heavy (non-hydrogen) atoms. The fourth-order valence-corrected chi connectivity index (χ4v) is 4.05. The number of benzene rings is 3. The van der Waals surface area contributed by atoms with E-state index in [-0.39, 0.29) is 10.6 Å². The van der Waals surface area contributed by atoms with Gasteiger partial charge in [0.25, 0.3) is 10.0 Å². The number of para-hydroxylation sites is 1. The highest BCUT2D eigenvalue weighted by Crippen LogP contribution is 2.24. The Balaban J connectivity index is 1.93.